The van der Waals surface area contributed by atoms with Crippen LogP contribution in [0.5, 0.6) is 0 Å². The van der Waals surface area contributed by atoms with E-state index in [0.717, 1.165) is 19.5 Å². The fourth-order valence-corrected chi connectivity index (χ4v) is 2.66. The first-order valence-electron chi connectivity index (χ1n) is 6.99. The van der Waals surface area contributed by atoms with E-state index in [4.69, 9.17) is 0 Å². The Bertz CT molecular complexity index is 280. The zero-order valence-electron chi connectivity index (χ0n) is 11.0. The molecule has 5 heteroatoms. The molecule has 0 aromatic heterocycles. The number of hydrogen-bond donors (Lipinski definition) is 0. The van der Waals surface area contributed by atoms with Gasteiger partial charge in [0.15, 0.2) is 0 Å². The number of amides is 2. The summed E-state index contributed by atoms with van der Waals surface area (Å²) >= 11 is 0. The van der Waals surface area contributed by atoms with Crippen molar-refractivity contribution in [3.8, 4) is 0 Å². The lowest BCUT2D eigenvalue weighted by Gasteiger charge is -2.33. The summed E-state index contributed by atoms with van der Waals surface area (Å²) in [6.07, 6.45) is 5.89. The molecular weight excluding hydrogens is 230 g/mol. The van der Waals surface area contributed by atoms with Gasteiger partial charge in [-0.25, -0.2) is 0 Å². The normalized spacial score (nSPS) is 22.7. The minimum Gasteiger partial charge on any atom is -0.342 e. The third kappa shape index (κ3) is 3.70. The SMILES string of the molecule is O=CN1CCN(C(=O)CN2CCCCCC2)CC1. The van der Waals surface area contributed by atoms with Gasteiger partial charge in [0.2, 0.25) is 12.3 Å². The quantitative estimate of drug-likeness (QED) is 0.673. The van der Waals surface area contributed by atoms with Crippen LogP contribution in [0.4, 0.5) is 0 Å². The highest BCUT2D eigenvalue weighted by molar-refractivity contribution is 5.78. The molecule has 0 bridgehead atoms. The van der Waals surface area contributed by atoms with Crippen molar-refractivity contribution >= 4 is 12.3 Å². The predicted molar refractivity (Wildman–Crippen MR) is 69.1 cm³/mol. The summed E-state index contributed by atoms with van der Waals surface area (Å²) in [6.45, 7) is 5.39. The molecule has 2 fully saturated rings. The number of likely N-dealkylation sites (tertiary alicyclic amines) is 1. The third-order valence-electron chi connectivity index (χ3n) is 3.87. The molecule has 2 aliphatic heterocycles. The predicted octanol–water partition coefficient (Wildman–Crippen LogP) is 0.163. The lowest BCUT2D eigenvalue weighted by atomic mass is 10.2. The molecule has 0 saturated carbocycles. The number of piperazine rings is 1. The Balaban J connectivity index is 1.75. The van der Waals surface area contributed by atoms with E-state index >= 15 is 0 Å². The van der Waals surface area contributed by atoms with Crippen molar-refractivity contribution in [1.29, 1.82) is 0 Å². The van der Waals surface area contributed by atoms with Crippen LogP contribution in [0.15, 0.2) is 0 Å². The van der Waals surface area contributed by atoms with Gasteiger partial charge in [0, 0.05) is 26.2 Å². The van der Waals surface area contributed by atoms with Crippen molar-refractivity contribution in [2.24, 2.45) is 0 Å². The van der Waals surface area contributed by atoms with Gasteiger partial charge in [0.1, 0.15) is 0 Å². The highest BCUT2D eigenvalue weighted by Gasteiger charge is 2.22. The first-order valence-corrected chi connectivity index (χ1v) is 6.99. The Morgan fingerprint density at radius 1 is 0.889 bits per heavy atom. The summed E-state index contributed by atoms with van der Waals surface area (Å²) in [4.78, 5) is 28.7. The average Bonchev–Trinajstić information content (AvgIpc) is 2.67. The molecule has 2 saturated heterocycles. The van der Waals surface area contributed by atoms with Crippen LogP contribution in [0.2, 0.25) is 0 Å². The van der Waals surface area contributed by atoms with Crippen molar-refractivity contribution < 1.29 is 9.59 Å². The third-order valence-corrected chi connectivity index (χ3v) is 3.87. The summed E-state index contributed by atoms with van der Waals surface area (Å²) in [6, 6.07) is 0. The maximum absolute atomic E-state index is 12.2. The first kappa shape index (κ1) is 13.3. The van der Waals surface area contributed by atoms with Crippen LogP contribution in [0.3, 0.4) is 0 Å². The molecule has 5 nitrogen and oxygen atoms in total. The Morgan fingerprint density at radius 3 is 2.06 bits per heavy atom. The largest absolute Gasteiger partial charge is 0.342 e. The average molecular weight is 253 g/mol. The minimum atomic E-state index is 0.224. The molecule has 0 unspecified atom stereocenters. The monoisotopic (exact) mass is 253 g/mol. The summed E-state index contributed by atoms with van der Waals surface area (Å²) in [5.74, 6) is 0.224. The second kappa shape index (κ2) is 6.73. The molecular formula is C13H23N3O2. The second-order valence-electron chi connectivity index (χ2n) is 5.21. The van der Waals surface area contributed by atoms with Gasteiger partial charge in [-0.1, -0.05) is 12.8 Å². The second-order valence-corrected chi connectivity index (χ2v) is 5.21. The van der Waals surface area contributed by atoms with Crippen LogP contribution < -0.4 is 0 Å². The molecule has 0 N–H and O–H groups in total. The number of rotatable bonds is 3. The molecule has 2 heterocycles. The van der Waals surface area contributed by atoms with E-state index in [1.165, 1.54) is 25.7 Å². The van der Waals surface area contributed by atoms with Crippen LogP contribution in [-0.4, -0.2) is 72.8 Å². The van der Waals surface area contributed by atoms with Gasteiger partial charge in [0.05, 0.1) is 6.54 Å². The van der Waals surface area contributed by atoms with Crippen molar-refractivity contribution in [2.45, 2.75) is 25.7 Å². The molecule has 0 spiro atoms. The van der Waals surface area contributed by atoms with Crippen LogP contribution in [-0.2, 0) is 9.59 Å². The molecule has 0 radical (unpaired) electrons. The molecule has 18 heavy (non-hydrogen) atoms. The highest BCUT2D eigenvalue weighted by atomic mass is 16.2. The van der Waals surface area contributed by atoms with Crippen LogP contribution in [0, 0.1) is 0 Å². The van der Waals surface area contributed by atoms with E-state index in [2.05, 4.69) is 4.90 Å². The molecule has 2 amide bonds. The number of carbonyl (C=O) groups is 2. The van der Waals surface area contributed by atoms with Crippen molar-refractivity contribution in [3.63, 3.8) is 0 Å². The Hall–Kier alpha value is -1.10. The fourth-order valence-electron chi connectivity index (χ4n) is 2.66. The molecule has 0 atom stereocenters. The molecule has 0 aromatic rings. The first-order chi connectivity index (χ1) is 8.79. The standard InChI is InChI=1S/C13H23N3O2/c17-12-15-7-9-16(10-8-15)13(18)11-14-5-3-1-2-4-6-14/h12H,1-11H2. The lowest BCUT2D eigenvalue weighted by molar-refractivity contribution is -0.136. The van der Waals surface area contributed by atoms with E-state index in [-0.39, 0.29) is 5.91 Å². The van der Waals surface area contributed by atoms with Gasteiger partial charge in [-0.15, -0.1) is 0 Å². The molecule has 2 rings (SSSR count). The van der Waals surface area contributed by atoms with Gasteiger partial charge in [-0.3, -0.25) is 14.5 Å². The Morgan fingerprint density at radius 2 is 1.50 bits per heavy atom. The van der Waals surface area contributed by atoms with Crippen molar-refractivity contribution in [2.75, 3.05) is 45.8 Å². The van der Waals surface area contributed by atoms with E-state index in [0.29, 0.717) is 32.7 Å². The molecule has 0 aliphatic carbocycles. The summed E-state index contributed by atoms with van der Waals surface area (Å²) < 4.78 is 0. The van der Waals surface area contributed by atoms with Crippen LogP contribution in [0.1, 0.15) is 25.7 Å². The summed E-state index contributed by atoms with van der Waals surface area (Å²) in [5, 5.41) is 0. The Kier molecular flexibility index (Phi) is 4.99. The van der Waals surface area contributed by atoms with Gasteiger partial charge < -0.3 is 9.80 Å². The van der Waals surface area contributed by atoms with Crippen molar-refractivity contribution in [1.82, 2.24) is 14.7 Å². The van der Waals surface area contributed by atoms with E-state index in [1.54, 1.807) is 4.90 Å². The lowest BCUT2D eigenvalue weighted by Crippen LogP contribution is -2.50. The molecule has 102 valence electrons. The summed E-state index contributed by atoms with van der Waals surface area (Å²) in [5.41, 5.74) is 0. The maximum atomic E-state index is 12.2. The number of hydrogen-bond acceptors (Lipinski definition) is 3. The zero-order valence-corrected chi connectivity index (χ0v) is 11.0. The summed E-state index contributed by atoms with van der Waals surface area (Å²) in [7, 11) is 0. The van der Waals surface area contributed by atoms with Crippen molar-refractivity contribution in [3.05, 3.63) is 0 Å². The zero-order chi connectivity index (χ0) is 12.8. The van der Waals surface area contributed by atoms with Gasteiger partial charge in [-0.2, -0.15) is 0 Å². The number of carbonyl (C=O) groups excluding carboxylic acids is 2. The highest BCUT2D eigenvalue weighted by Crippen LogP contribution is 2.10. The Labute approximate surface area is 109 Å². The minimum absolute atomic E-state index is 0.224. The smallest absolute Gasteiger partial charge is 0.236 e. The van der Waals surface area contributed by atoms with E-state index in [9.17, 15) is 9.59 Å². The van der Waals surface area contributed by atoms with E-state index < -0.39 is 0 Å². The van der Waals surface area contributed by atoms with Gasteiger partial charge in [0.25, 0.3) is 0 Å². The fraction of sp³-hybridized carbons (Fsp3) is 0.846. The number of nitrogens with zero attached hydrogens (tertiary/aromatic N) is 3. The van der Waals surface area contributed by atoms with Gasteiger partial charge >= 0.3 is 0 Å². The van der Waals surface area contributed by atoms with E-state index in [1.807, 2.05) is 4.90 Å². The topological polar surface area (TPSA) is 43.9 Å². The maximum Gasteiger partial charge on any atom is 0.236 e. The van der Waals surface area contributed by atoms with Crippen LogP contribution >= 0.6 is 0 Å². The molecule has 0 aromatic carbocycles. The van der Waals surface area contributed by atoms with Crippen LogP contribution in [0.25, 0.3) is 0 Å². The molecule has 2 aliphatic rings. The van der Waals surface area contributed by atoms with Gasteiger partial charge in [-0.05, 0) is 25.9 Å².